The van der Waals surface area contributed by atoms with Crippen molar-refractivity contribution in [1.29, 1.82) is 0 Å². The van der Waals surface area contributed by atoms with Gasteiger partial charge in [0.25, 0.3) is 0 Å². The maximum Gasteiger partial charge on any atom is 0.197 e. The predicted molar refractivity (Wildman–Crippen MR) is 71.3 cm³/mol. The number of nitrogens with zero attached hydrogens (tertiary/aromatic N) is 5. The van der Waals surface area contributed by atoms with Gasteiger partial charge in [-0.2, -0.15) is 0 Å². The maximum atomic E-state index is 8.85. The van der Waals surface area contributed by atoms with Crippen molar-refractivity contribution in [3.8, 4) is 0 Å². The van der Waals surface area contributed by atoms with Crippen LogP contribution in [0.3, 0.4) is 0 Å². The fraction of sp³-hybridized carbons (Fsp3) is 0.273. The zero-order valence-electron chi connectivity index (χ0n) is 10.8. The first-order valence-electron chi connectivity index (χ1n) is 5.52. The van der Waals surface area contributed by atoms with E-state index in [4.69, 9.17) is 10.9 Å². The zero-order chi connectivity index (χ0) is 14.0. The van der Waals surface area contributed by atoms with Crippen molar-refractivity contribution < 1.29 is 5.21 Å². The van der Waals surface area contributed by atoms with Crippen molar-refractivity contribution in [3.05, 3.63) is 29.2 Å². The molecule has 0 bridgehead atoms. The van der Waals surface area contributed by atoms with Crippen molar-refractivity contribution in [1.82, 2.24) is 19.7 Å². The third kappa shape index (κ3) is 2.53. The molecule has 0 aromatic carbocycles. The minimum atomic E-state index is 0.0343. The van der Waals surface area contributed by atoms with Crippen LogP contribution >= 0.6 is 11.8 Å². The quantitative estimate of drug-likeness (QED) is 0.377. The Morgan fingerprint density at radius 3 is 2.74 bits per heavy atom. The second-order valence-corrected chi connectivity index (χ2v) is 4.94. The van der Waals surface area contributed by atoms with Crippen LogP contribution in [0.15, 0.2) is 27.6 Å². The molecule has 0 aliphatic carbocycles. The standard InChI is InChI=1S/C11H14N6OS/c1-6-4-5-13-10(8(6)9(12)16-18)19-11-15-14-7(2)17(11)3/h4-5,18H,1-3H3,(H2,12,16). The summed E-state index contributed by atoms with van der Waals surface area (Å²) >= 11 is 1.33. The summed E-state index contributed by atoms with van der Waals surface area (Å²) in [6.45, 7) is 3.74. The van der Waals surface area contributed by atoms with Gasteiger partial charge >= 0.3 is 0 Å². The van der Waals surface area contributed by atoms with E-state index in [2.05, 4.69) is 20.3 Å². The third-order valence-corrected chi connectivity index (χ3v) is 3.77. The van der Waals surface area contributed by atoms with Crippen molar-refractivity contribution >= 4 is 17.6 Å². The van der Waals surface area contributed by atoms with Gasteiger partial charge in [0.15, 0.2) is 11.0 Å². The van der Waals surface area contributed by atoms with Crippen LogP contribution in [-0.4, -0.2) is 30.8 Å². The Balaban J connectivity index is 2.46. The average molecular weight is 278 g/mol. The Morgan fingerprint density at radius 2 is 2.16 bits per heavy atom. The molecule has 2 rings (SSSR count). The summed E-state index contributed by atoms with van der Waals surface area (Å²) in [6, 6.07) is 1.80. The molecule has 0 amide bonds. The van der Waals surface area contributed by atoms with Gasteiger partial charge in [-0.15, -0.1) is 10.2 Å². The highest BCUT2D eigenvalue weighted by Gasteiger charge is 2.16. The Bertz CT molecular complexity index is 636. The fourth-order valence-electron chi connectivity index (χ4n) is 1.54. The zero-order valence-corrected chi connectivity index (χ0v) is 11.6. The van der Waals surface area contributed by atoms with Crippen LogP contribution in [0.2, 0.25) is 0 Å². The van der Waals surface area contributed by atoms with Gasteiger partial charge in [-0.1, -0.05) is 5.16 Å². The van der Waals surface area contributed by atoms with Gasteiger partial charge in [0.05, 0.1) is 5.56 Å². The Hall–Kier alpha value is -2.09. The summed E-state index contributed by atoms with van der Waals surface area (Å²) in [5, 5.41) is 21.3. The number of hydrogen-bond acceptors (Lipinski definition) is 6. The monoisotopic (exact) mass is 278 g/mol. The van der Waals surface area contributed by atoms with E-state index >= 15 is 0 Å². The minimum Gasteiger partial charge on any atom is -0.409 e. The molecule has 0 spiro atoms. The number of aromatic nitrogens is 4. The smallest absolute Gasteiger partial charge is 0.197 e. The molecular weight excluding hydrogens is 264 g/mol. The molecule has 0 aliphatic heterocycles. The van der Waals surface area contributed by atoms with Gasteiger partial charge < -0.3 is 15.5 Å². The van der Waals surface area contributed by atoms with Gasteiger partial charge in [0.1, 0.15) is 10.9 Å². The van der Waals surface area contributed by atoms with Crippen molar-refractivity contribution in [2.24, 2.45) is 17.9 Å². The molecule has 0 aliphatic rings. The van der Waals surface area contributed by atoms with Crippen molar-refractivity contribution in [3.63, 3.8) is 0 Å². The first kappa shape index (κ1) is 13.3. The van der Waals surface area contributed by atoms with E-state index in [9.17, 15) is 0 Å². The lowest BCUT2D eigenvalue weighted by molar-refractivity contribution is 0.318. The van der Waals surface area contributed by atoms with Gasteiger partial charge in [0.2, 0.25) is 0 Å². The van der Waals surface area contributed by atoms with Crippen molar-refractivity contribution in [2.45, 2.75) is 24.0 Å². The topological polar surface area (TPSA) is 102 Å². The Labute approximate surface area is 114 Å². The van der Waals surface area contributed by atoms with Crippen LogP contribution in [0.5, 0.6) is 0 Å². The number of hydrogen-bond donors (Lipinski definition) is 2. The second-order valence-electron chi connectivity index (χ2n) is 3.98. The predicted octanol–water partition coefficient (Wildman–Crippen LogP) is 1.07. The second kappa shape index (κ2) is 5.27. The highest BCUT2D eigenvalue weighted by Crippen LogP contribution is 2.28. The summed E-state index contributed by atoms with van der Waals surface area (Å²) in [5.74, 6) is 0.840. The summed E-state index contributed by atoms with van der Waals surface area (Å²) in [5.41, 5.74) is 7.18. The van der Waals surface area contributed by atoms with E-state index in [0.29, 0.717) is 15.7 Å². The van der Waals surface area contributed by atoms with Crippen LogP contribution in [-0.2, 0) is 7.05 Å². The van der Waals surface area contributed by atoms with Crippen LogP contribution in [0.25, 0.3) is 0 Å². The molecule has 3 N–H and O–H groups in total. The molecule has 0 atom stereocenters. The lowest BCUT2D eigenvalue weighted by Gasteiger charge is -2.09. The lowest BCUT2D eigenvalue weighted by Crippen LogP contribution is -2.16. The van der Waals surface area contributed by atoms with Crippen LogP contribution in [0.4, 0.5) is 0 Å². The molecule has 2 heterocycles. The average Bonchev–Trinajstić information content (AvgIpc) is 2.70. The van der Waals surface area contributed by atoms with E-state index < -0.39 is 0 Å². The SMILES string of the molecule is Cc1ccnc(Sc2nnc(C)n2C)c1/C(N)=N/O. The molecule has 0 saturated carbocycles. The van der Waals surface area contributed by atoms with E-state index in [1.165, 1.54) is 11.8 Å². The Morgan fingerprint density at radius 1 is 1.42 bits per heavy atom. The lowest BCUT2D eigenvalue weighted by atomic mass is 10.1. The van der Waals surface area contributed by atoms with Gasteiger partial charge in [0, 0.05) is 13.2 Å². The summed E-state index contributed by atoms with van der Waals surface area (Å²) < 4.78 is 1.85. The van der Waals surface area contributed by atoms with E-state index in [-0.39, 0.29) is 5.84 Å². The van der Waals surface area contributed by atoms with E-state index in [0.717, 1.165) is 11.4 Å². The normalized spacial score (nSPS) is 11.8. The highest BCUT2D eigenvalue weighted by atomic mass is 32.2. The molecule has 0 unspecified atom stereocenters. The minimum absolute atomic E-state index is 0.0343. The summed E-state index contributed by atoms with van der Waals surface area (Å²) in [6.07, 6.45) is 1.68. The van der Waals surface area contributed by atoms with Crippen LogP contribution in [0, 0.1) is 13.8 Å². The number of amidine groups is 1. The highest BCUT2D eigenvalue weighted by molar-refractivity contribution is 7.99. The molecule has 2 aromatic rings. The number of oxime groups is 1. The van der Waals surface area contributed by atoms with Gasteiger partial charge in [-0.05, 0) is 37.2 Å². The summed E-state index contributed by atoms with van der Waals surface area (Å²) in [4.78, 5) is 4.26. The first-order chi connectivity index (χ1) is 9.04. The molecule has 0 saturated heterocycles. The summed E-state index contributed by atoms with van der Waals surface area (Å²) in [7, 11) is 1.87. The molecule has 0 fully saturated rings. The van der Waals surface area contributed by atoms with Crippen molar-refractivity contribution in [2.75, 3.05) is 0 Å². The Kier molecular flexibility index (Phi) is 3.70. The molecule has 2 aromatic heterocycles. The fourth-order valence-corrected chi connectivity index (χ4v) is 2.54. The molecule has 0 radical (unpaired) electrons. The molecule has 7 nitrogen and oxygen atoms in total. The largest absolute Gasteiger partial charge is 0.409 e. The first-order valence-corrected chi connectivity index (χ1v) is 6.33. The molecule has 100 valence electrons. The number of rotatable bonds is 3. The molecule has 8 heteroatoms. The van der Waals surface area contributed by atoms with Gasteiger partial charge in [-0.3, -0.25) is 0 Å². The third-order valence-electron chi connectivity index (χ3n) is 2.73. The molecular formula is C11H14N6OS. The van der Waals surface area contributed by atoms with E-state index in [1.54, 1.807) is 12.3 Å². The maximum absolute atomic E-state index is 8.85. The van der Waals surface area contributed by atoms with Crippen LogP contribution in [0.1, 0.15) is 17.0 Å². The number of aryl methyl sites for hydroxylation is 2. The molecule has 19 heavy (non-hydrogen) atoms. The number of nitrogens with two attached hydrogens (primary N) is 1. The van der Waals surface area contributed by atoms with E-state index in [1.807, 2.05) is 25.5 Å². The number of pyridine rings is 1. The van der Waals surface area contributed by atoms with Crippen LogP contribution < -0.4 is 5.73 Å². The van der Waals surface area contributed by atoms with Gasteiger partial charge in [-0.25, -0.2) is 4.98 Å².